The average molecular weight is 419 g/mol. The van der Waals surface area contributed by atoms with E-state index in [4.69, 9.17) is 4.74 Å². The van der Waals surface area contributed by atoms with Crippen LogP contribution >= 0.6 is 0 Å². The van der Waals surface area contributed by atoms with Crippen molar-refractivity contribution in [3.63, 3.8) is 0 Å². The normalized spacial score (nSPS) is 10.9. The quantitative estimate of drug-likeness (QED) is 0.414. The smallest absolute Gasteiger partial charge is 0.349 e. The Bertz CT molecular complexity index is 1050. The SMILES string of the molecule is Cc1ccc(NC(=O)NC(=O)COC(=O)/C(C#N)=C/c2ccc(C(C)C)cc2)c(C)c1. The van der Waals surface area contributed by atoms with Crippen LogP contribution < -0.4 is 10.6 Å². The van der Waals surface area contributed by atoms with Crippen molar-refractivity contribution >= 4 is 29.7 Å². The van der Waals surface area contributed by atoms with Crippen LogP contribution in [0.1, 0.15) is 42.0 Å². The highest BCUT2D eigenvalue weighted by atomic mass is 16.5. The van der Waals surface area contributed by atoms with Gasteiger partial charge in [-0.15, -0.1) is 0 Å². The fraction of sp³-hybridized carbons (Fsp3) is 0.250. The number of imide groups is 1. The zero-order chi connectivity index (χ0) is 23.0. The molecule has 2 aromatic carbocycles. The van der Waals surface area contributed by atoms with Crippen LogP contribution in [0, 0.1) is 25.2 Å². The lowest BCUT2D eigenvalue weighted by Gasteiger charge is -2.10. The number of hydrogen-bond donors (Lipinski definition) is 2. The number of aryl methyl sites for hydroxylation is 2. The molecule has 0 saturated carbocycles. The van der Waals surface area contributed by atoms with Crippen molar-refractivity contribution in [2.24, 2.45) is 0 Å². The summed E-state index contributed by atoms with van der Waals surface area (Å²) in [6.07, 6.45) is 1.39. The molecule has 0 aliphatic carbocycles. The Hall–Kier alpha value is -3.92. The minimum Gasteiger partial charge on any atom is -0.451 e. The first-order valence-electron chi connectivity index (χ1n) is 9.76. The van der Waals surface area contributed by atoms with Gasteiger partial charge in [0.15, 0.2) is 6.61 Å². The lowest BCUT2D eigenvalue weighted by Crippen LogP contribution is -2.37. The number of nitriles is 1. The highest BCUT2D eigenvalue weighted by Crippen LogP contribution is 2.17. The largest absolute Gasteiger partial charge is 0.451 e. The Labute approximate surface area is 181 Å². The van der Waals surface area contributed by atoms with E-state index in [1.807, 2.05) is 38.1 Å². The van der Waals surface area contributed by atoms with Gasteiger partial charge in [0.1, 0.15) is 11.6 Å². The molecule has 0 unspecified atom stereocenters. The maximum absolute atomic E-state index is 12.1. The highest BCUT2D eigenvalue weighted by Gasteiger charge is 2.15. The number of esters is 1. The Morgan fingerprint density at radius 3 is 2.35 bits per heavy atom. The molecule has 31 heavy (non-hydrogen) atoms. The molecule has 0 atom stereocenters. The number of urea groups is 1. The molecule has 0 aliphatic rings. The molecule has 160 valence electrons. The van der Waals surface area contributed by atoms with Crippen LogP contribution in [0.15, 0.2) is 48.0 Å². The molecule has 0 bridgehead atoms. The number of amides is 3. The predicted octanol–water partition coefficient (Wildman–Crippen LogP) is 4.23. The molecule has 0 saturated heterocycles. The number of benzene rings is 2. The molecule has 2 aromatic rings. The second-order valence-corrected chi connectivity index (χ2v) is 7.39. The van der Waals surface area contributed by atoms with Crippen LogP contribution in [0.5, 0.6) is 0 Å². The van der Waals surface area contributed by atoms with E-state index in [9.17, 15) is 19.6 Å². The number of anilines is 1. The second-order valence-electron chi connectivity index (χ2n) is 7.39. The number of carbonyl (C=O) groups excluding carboxylic acids is 3. The third-order valence-corrected chi connectivity index (χ3v) is 4.47. The van der Waals surface area contributed by atoms with Gasteiger partial charge in [0.05, 0.1) is 0 Å². The van der Waals surface area contributed by atoms with Crippen LogP contribution in [-0.2, 0) is 14.3 Å². The van der Waals surface area contributed by atoms with Crippen LogP contribution in [-0.4, -0.2) is 24.5 Å². The van der Waals surface area contributed by atoms with Crippen LogP contribution in [0.3, 0.4) is 0 Å². The number of carbonyl (C=O) groups is 3. The van der Waals surface area contributed by atoms with Gasteiger partial charge in [-0.1, -0.05) is 55.8 Å². The third kappa shape index (κ3) is 7.12. The topological polar surface area (TPSA) is 108 Å². The Balaban J connectivity index is 1.90. The van der Waals surface area contributed by atoms with Gasteiger partial charge in [-0.05, 0) is 48.6 Å². The van der Waals surface area contributed by atoms with Crippen molar-refractivity contribution in [3.8, 4) is 6.07 Å². The molecule has 2 N–H and O–H groups in total. The molecule has 7 heteroatoms. The molecule has 7 nitrogen and oxygen atoms in total. The van der Waals surface area contributed by atoms with Crippen molar-refractivity contribution in [1.82, 2.24) is 5.32 Å². The van der Waals surface area contributed by atoms with Crippen LogP contribution in [0.25, 0.3) is 6.08 Å². The van der Waals surface area contributed by atoms with E-state index in [1.54, 1.807) is 24.3 Å². The first-order chi connectivity index (χ1) is 14.7. The van der Waals surface area contributed by atoms with Crippen LogP contribution in [0.4, 0.5) is 10.5 Å². The molecule has 0 spiro atoms. The van der Waals surface area contributed by atoms with Crippen molar-refractivity contribution < 1.29 is 19.1 Å². The minimum absolute atomic E-state index is 0.246. The number of rotatable bonds is 6. The maximum Gasteiger partial charge on any atom is 0.349 e. The minimum atomic E-state index is -0.944. The van der Waals surface area contributed by atoms with E-state index >= 15 is 0 Å². The van der Waals surface area contributed by atoms with Gasteiger partial charge in [-0.25, -0.2) is 9.59 Å². The molecule has 0 radical (unpaired) electrons. The predicted molar refractivity (Wildman–Crippen MR) is 118 cm³/mol. The van der Waals surface area contributed by atoms with Gasteiger partial charge >= 0.3 is 12.0 Å². The standard InChI is InChI=1S/C24H25N3O4/c1-15(2)19-8-6-18(7-9-19)12-20(13-25)23(29)31-14-22(28)27-24(30)26-21-10-5-16(3)11-17(21)4/h5-12,15H,14H2,1-4H3,(H2,26,27,28,30)/b20-12+. The highest BCUT2D eigenvalue weighted by molar-refractivity contribution is 6.03. The summed E-state index contributed by atoms with van der Waals surface area (Å²) in [6.45, 7) is 7.20. The average Bonchev–Trinajstić information content (AvgIpc) is 2.72. The summed E-state index contributed by atoms with van der Waals surface area (Å²) >= 11 is 0. The van der Waals surface area contributed by atoms with Gasteiger partial charge in [0.25, 0.3) is 5.91 Å². The fourth-order valence-corrected chi connectivity index (χ4v) is 2.76. The first-order valence-corrected chi connectivity index (χ1v) is 9.76. The van der Waals surface area contributed by atoms with E-state index in [-0.39, 0.29) is 5.57 Å². The first kappa shape index (κ1) is 23.4. The fourth-order valence-electron chi connectivity index (χ4n) is 2.76. The Kier molecular flexibility index (Phi) is 8.09. The zero-order valence-electron chi connectivity index (χ0n) is 18.0. The molecular weight excluding hydrogens is 394 g/mol. The maximum atomic E-state index is 12.1. The monoisotopic (exact) mass is 419 g/mol. The second kappa shape index (κ2) is 10.7. The molecule has 0 fully saturated rings. The summed E-state index contributed by atoms with van der Waals surface area (Å²) in [5, 5.41) is 13.9. The zero-order valence-corrected chi connectivity index (χ0v) is 18.0. The van der Waals surface area contributed by atoms with E-state index < -0.39 is 24.5 Å². The molecule has 0 aliphatic heterocycles. The summed E-state index contributed by atoms with van der Waals surface area (Å²) in [5.74, 6) is -1.39. The Morgan fingerprint density at radius 2 is 1.77 bits per heavy atom. The van der Waals surface area contributed by atoms with Crippen molar-refractivity contribution in [2.75, 3.05) is 11.9 Å². The number of hydrogen-bond acceptors (Lipinski definition) is 5. The summed E-state index contributed by atoms with van der Waals surface area (Å²) < 4.78 is 4.86. The molecular formula is C24H25N3O4. The molecule has 3 amide bonds. The van der Waals surface area contributed by atoms with E-state index in [2.05, 4.69) is 24.5 Å². The third-order valence-electron chi connectivity index (χ3n) is 4.47. The summed E-state index contributed by atoms with van der Waals surface area (Å²) in [4.78, 5) is 36.0. The van der Waals surface area contributed by atoms with Gasteiger partial charge in [-0.2, -0.15) is 5.26 Å². The summed E-state index contributed by atoms with van der Waals surface area (Å²) in [6, 6.07) is 13.9. The van der Waals surface area contributed by atoms with Gasteiger partial charge in [-0.3, -0.25) is 10.1 Å². The van der Waals surface area contributed by atoms with Gasteiger partial charge in [0.2, 0.25) is 0 Å². The molecule has 2 rings (SSSR count). The number of nitrogens with zero attached hydrogens (tertiary/aromatic N) is 1. The van der Waals surface area contributed by atoms with E-state index in [1.165, 1.54) is 6.08 Å². The van der Waals surface area contributed by atoms with Crippen LogP contribution in [0.2, 0.25) is 0 Å². The van der Waals surface area contributed by atoms with E-state index in [0.717, 1.165) is 16.7 Å². The van der Waals surface area contributed by atoms with Gasteiger partial charge in [0, 0.05) is 5.69 Å². The van der Waals surface area contributed by atoms with Gasteiger partial charge < -0.3 is 10.1 Å². The van der Waals surface area contributed by atoms with Crippen molar-refractivity contribution in [1.29, 1.82) is 5.26 Å². The molecule has 0 heterocycles. The summed E-state index contributed by atoms with van der Waals surface area (Å²) in [7, 11) is 0. The molecule has 0 aromatic heterocycles. The lowest BCUT2D eigenvalue weighted by atomic mass is 10.0. The summed E-state index contributed by atoms with van der Waals surface area (Å²) in [5.41, 5.74) is 4.00. The van der Waals surface area contributed by atoms with E-state index in [0.29, 0.717) is 17.2 Å². The van der Waals surface area contributed by atoms with Crippen molar-refractivity contribution in [3.05, 3.63) is 70.3 Å². The lowest BCUT2D eigenvalue weighted by molar-refractivity contribution is -0.144. The van der Waals surface area contributed by atoms with Crippen molar-refractivity contribution in [2.45, 2.75) is 33.6 Å². The number of ether oxygens (including phenoxy) is 1. The Morgan fingerprint density at radius 1 is 1.10 bits per heavy atom. The number of nitrogens with one attached hydrogen (secondary N) is 2.